The summed E-state index contributed by atoms with van der Waals surface area (Å²) < 4.78 is 10.9. The average Bonchev–Trinajstić information content (AvgIpc) is 2.01. The second-order valence-electron chi connectivity index (χ2n) is 4.99. The van der Waals surface area contributed by atoms with Crippen LogP contribution in [0.4, 0.5) is 0 Å². The lowest BCUT2D eigenvalue weighted by molar-refractivity contribution is -0.254. The largest absolute Gasteiger partial charge is 0.435 e. The number of rotatable bonds is 1. The smallest absolute Gasteiger partial charge is 0.313 e. The minimum Gasteiger partial charge on any atom is -0.435 e. The van der Waals surface area contributed by atoms with Gasteiger partial charge >= 0.3 is 5.97 Å². The molecule has 0 spiro atoms. The van der Waals surface area contributed by atoms with Gasteiger partial charge in [-0.2, -0.15) is 0 Å². The number of hydrogen-bond acceptors (Lipinski definition) is 3. The molecule has 1 aliphatic heterocycles. The molecule has 1 heterocycles. The zero-order valence-corrected chi connectivity index (χ0v) is 9.66. The summed E-state index contributed by atoms with van der Waals surface area (Å²) >= 11 is 0. The summed E-state index contributed by atoms with van der Waals surface area (Å²) in [6.45, 7) is 9.92. The Balaban J connectivity index is 2.70. The Morgan fingerprint density at radius 3 is 2.29 bits per heavy atom. The lowest BCUT2D eigenvalue weighted by Gasteiger charge is -2.39. The van der Waals surface area contributed by atoms with E-state index in [1.54, 1.807) is 0 Å². The second kappa shape index (κ2) is 3.89. The molecule has 1 aliphatic rings. The van der Waals surface area contributed by atoms with Gasteiger partial charge in [-0.15, -0.1) is 0 Å². The summed E-state index contributed by atoms with van der Waals surface area (Å²) in [4.78, 5) is 11.6. The van der Waals surface area contributed by atoms with Gasteiger partial charge in [0.25, 0.3) is 0 Å². The molecule has 3 atom stereocenters. The molecule has 0 aromatic carbocycles. The predicted octanol–water partition coefficient (Wildman–Crippen LogP) is 2.35. The molecular formula is C11H20O3. The maximum absolute atomic E-state index is 11.6. The predicted molar refractivity (Wildman–Crippen MR) is 53.7 cm³/mol. The SMILES string of the molecule is CC[C@H]1C(=O)O[C@H](C(C)(C)C)O[C@@H]1C. The number of hydrogen-bond donors (Lipinski definition) is 0. The van der Waals surface area contributed by atoms with E-state index in [0.29, 0.717) is 0 Å². The Hall–Kier alpha value is -0.570. The van der Waals surface area contributed by atoms with E-state index in [-0.39, 0.29) is 23.4 Å². The van der Waals surface area contributed by atoms with E-state index >= 15 is 0 Å². The fourth-order valence-corrected chi connectivity index (χ4v) is 1.58. The molecule has 0 radical (unpaired) electrons. The minimum atomic E-state index is -0.409. The molecule has 1 saturated heterocycles. The van der Waals surface area contributed by atoms with Gasteiger partial charge in [0.2, 0.25) is 6.29 Å². The van der Waals surface area contributed by atoms with E-state index in [1.165, 1.54) is 0 Å². The highest BCUT2D eigenvalue weighted by atomic mass is 16.7. The topological polar surface area (TPSA) is 35.5 Å². The number of carbonyl (C=O) groups is 1. The first kappa shape index (κ1) is 11.5. The summed E-state index contributed by atoms with van der Waals surface area (Å²) in [7, 11) is 0. The number of cyclic esters (lactones) is 1. The van der Waals surface area contributed by atoms with E-state index in [2.05, 4.69) is 0 Å². The van der Waals surface area contributed by atoms with Crippen LogP contribution in [0.2, 0.25) is 0 Å². The fourth-order valence-electron chi connectivity index (χ4n) is 1.58. The Morgan fingerprint density at radius 1 is 1.36 bits per heavy atom. The van der Waals surface area contributed by atoms with Crippen LogP contribution < -0.4 is 0 Å². The van der Waals surface area contributed by atoms with Gasteiger partial charge < -0.3 is 9.47 Å². The molecule has 3 nitrogen and oxygen atoms in total. The molecule has 0 N–H and O–H groups in total. The first-order valence-corrected chi connectivity index (χ1v) is 5.22. The van der Waals surface area contributed by atoms with Crippen molar-refractivity contribution in [2.24, 2.45) is 11.3 Å². The summed E-state index contributed by atoms with van der Waals surface area (Å²) in [5, 5.41) is 0. The molecule has 1 fully saturated rings. The summed E-state index contributed by atoms with van der Waals surface area (Å²) in [6.07, 6.45) is 0.329. The second-order valence-corrected chi connectivity index (χ2v) is 4.99. The van der Waals surface area contributed by atoms with Crippen molar-refractivity contribution in [1.29, 1.82) is 0 Å². The molecule has 0 amide bonds. The highest BCUT2D eigenvalue weighted by Gasteiger charge is 2.40. The zero-order chi connectivity index (χ0) is 10.9. The molecule has 82 valence electrons. The van der Waals surface area contributed by atoms with Gasteiger partial charge in [0, 0.05) is 5.41 Å². The monoisotopic (exact) mass is 200 g/mol. The van der Waals surface area contributed by atoms with E-state index in [0.717, 1.165) is 6.42 Å². The van der Waals surface area contributed by atoms with Gasteiger partial charge in [-0.05, 0) is 13.3 Å². The summed E-state index contributed by atoms with van der Waals surface area (Å²) in [5.74, 6) is -0.222. The van der Waals surface area contributed by atoms with Crippen LogP contribution in [0, 0.1) is 11.3 Å². The molecule has 0 aromatic heterocycles. The molecule has 0 aliphatic carbocycles. The quantitative estimate of drug-likeness (QED) is 0.609. The molecular weight excluding hydrogens is 180 g/mol. The van der Waals surface area contributed by atoms with Crippen molar-refractivity contribution in [1.82, 2.24) is 0 Å². The van der Waals surface area contributed by atoms with Gasteiger partial charge in [-0.25, -0.2) is 0 Å². The Morgan fingerprint density at radius 2 is 1.93 bits per heavy atom. The summed E-state index contributed by atoms with van der Waals surface area (Å²) in [5.41, 5.74) is -0.150. The highest BCUT2D eigenvalue weighted by Crippen LogP contribution is 2.31. The van der Waals surface area contributed by atoms with E-state index in [9.17, 15) is 4.79 Å². The molecule has 3 heteroatoms. The highest BCUT2D eigenvalue weighted by molar-refractivity contribution is 5.73. The van der Waals surface area contributed by atoms with Crippen LogP contribution in [0.1, 0.15) is 41.0 Å². The molecule has 0 bridgehead atoms. The molecule has 14 heavy (non-hydrogen) atoms. The zero-order valence-electron chi connectivity index (χ0n) is 9.66. The van der Waals surface area contributed by atoms with Crippen molar-refractivity contribution >= 4 is 5.97 Å². The normalized spacial score (nSPS) is 34.1. The number of carbonyl (C=O) groups excluding carboxylic acids is 1. The van der Waals surface area contributed by atoms with Crippen molar-refractivity contribution in [3.8, 4) is 0 Å². The van der Waals surface area contributed by atoms with Crippen LogP contribution in [-0.4, -0.2) is 18.4 Å². The van der Waals surface area contributed by atoms with Gasteiger partial charge in [-0.1, -0.05) is 27.7 Å². The molecule has 1 rings (SSSR count). The minimum absolute atomic E-state index is 0.0366. The third kappa shape index (κ3) is 2.27. The van der Waals surface area contributed by atoms with Gasteiger partial charge in [0.15, 0.2) is 0 Å². The van der Waals surface area contributed by atoms with Crippen molar-refractivity contribution in [3.63, 3.8) is 0 Å². The lowest BCUT2D eigenvalue weighted by atomic mass is 9.93. The van der Waals surface area contributed by atoms with Crippen LogP contribution in [-0.2, 0) is 14.3 Å². The standard InChI is InChI=1S/C11H20O3/c1-6-8-7(2)13-10(11(3,4)5)14-9(8)12/h7-8,10H,6H2,1-5H3/t7-,8-,10-/m1/s1. The maximum Gasteiger partial charge on any atom is 0.313 e. The van der Waals surface area contributed by atoms with Crippen LogP contribution in [0.3, 0.4) is 0 Å². The Labute approximate surface area is 85.8 Å². The van der Waals surface area contributed by atoms with E-state index in [1.807, 2.05) is 34.6 Å². The Kier molecular flexibility index (Phi) is 3.20. The van der Waals surface area contributed by atoms with Crippen molar-refractivity contribution in [2.75, 3.05) is 0 Å². The first-order valence-electron chi connectivity index (χ1n) is 5.22. The average molecular weight is 200 g/mol. The lowest BCUT2D eigenvalue weighted by Crippen LogP contribution is -2.47. The third-order valence-electron chi connectivity index (χ3n) is 2.58. The van der Waals surface area contributed by atoms with Crippen LogP contribution in [0.25, 0.3) is 0 Å². The number of ether oxygens (including phenoxy) is 2. The fraction of sp³-hybridized carbons (Fsp3) is 0.909. The van der Waals surface area contributed by atoms with Crippen LogP contribution in [0.15, 0.2) is 0 Å². The molecule has 0 saturated carbocycles. The van der Waals surface area contributed by atoms with Gasteiger partial charge in [-0.3, -0.25) is 4.79 Å². The maximum atomic E-state index is 11.6. The first-order chi connectivity index (χ1) is 6.36. The summed E-state index contributed by atoms with van der Waals surface area (Å²) in [6, 6.07) is 0. The van der Waals surface area contributed by atoms with Crippen LogP contribution in [0.5, 0.6) is 0 Å². The van der Waals surface area contributed by atoms with Crippen molar-refractivity contribution in [3.05, 3.63) is 0 Å². The van der Waals surface area contributed by atoms with Crippen LogP contribution >= 0.6 is 0 Å². The van der Waals surface area contributed by atoms with Crippen molar-refractivity contribution in [2.45, 2.75) is 53.4 Å². The van der Waals surface area contributed by atoms with E-state index in [4.69, 9.17) is 9.47 Å². The Bertz CT molecular complexity index is 217. The van der Waals surface area contributed by atoms with Gasteiger partial charge in [0.1, 0.15) is 0 Å². The molecule has 0 unspecified atom stereocenters. The van der Waals surface area contributed by atoms with Crippen molar-refractivity contribution < 1.29 is 14.3 Å². The number of esters is 1. The van der Waals surface area contributed by atoms with E-state index < -0.39 is 6.29 Å². The van der Waals surface area contributed by atoms with Gasteiger partial charge in [0.05, 0.1) is 12.0 Å². The third-order valence-corrected chi connectivity index (χ3v) is 2.58. The molecule has 0 aromatic rings.